The third-order valence-electron chi connectivity index (χ3n) is 5.89. The van der Waals surface area contributed by atoms with Crippen molar-refractivity contribution in [2.45, 2.75) is 0 Å². The number of hydrogen-bond acceptors (Lipinski definition) is 4. The zero-order chi connectivity index (χ0) is 24.2. The molecule has 4 aromatic carbocycles. The molecule has 172 valence electrons. The molecular weight excluding hydrogens is 444 g/mol. The normalized spacial score (nSPS) is 10.8. The van der Waals surface area contributed by atoms with Crippen molar-refractivity contribution in [3.05, 3.63) is 134 Å². The van der Waals surface area contributed by atoms with E-state index in [1.54, 1.807) is 6.20 Å². The molecule has 36 heavy (non-hydrogen) atoms. The maximum atomic E-state index is 6.20. The summed E-state index contributed by atoms with van der Waals surface area (Å²) < 4.78 is 12.3. The van der Waals surface area contributed by atoms with Crippen LogP contribution in [0.25, 0.3) is 33.2 Å². The van der Waals surface area contributed by atoms with Crippen LogP contribution in [0.3, 0.4) is 0 Å². The minimum Gasteiger partial charge on any atom is -0.457 e. The average molecular weight is 467 g/mol. The van der Waals surface area contributed by atoms with Crippen LogP contribution in [0.5, 0.6) is 23.1 Å². The number of aromatic nitrogens is 2. The van der Waals surface area contributed by atoms with Gasteiger partial charge in [-0.25, -0.2) is 4.98 Å². The first kappa shape index (κ1) is 21.6. The lowest BCUT2D eigenvalue weighted by Crippen LogP contribution is -1.91. The minimum atomic E-state index is 0.525. The van der Waals surface area contributed by atoms with Crippen LogP contribution >= 0.6 is 0 Å². The van der Waals surface area contributed by atoms with Crippen LogP contribution in [-0.2, 0) is 0 Å². The van der Waals surface area contributed by atoms with Crippen molar-refractivity contribution in [3.8, 4) is 45.5 Å². The summed E-state index contributed by atoms with van der Waals surface area (Å²) in [7, 11) is 0. The van der Waals surface area contributed by atoms with Crippen molar-refractivity contribution in [1.29, 1.82) is 0 Å². The molecule has 0 N–H and O–H groups in total. The molecule has 4 nitrogen and oxygen atoms in total. The Kier molecular flexibility index (Phi) is 5.83. The Labute approximate surface area is 209 Å². The highest BCUT2D eigenvalue weighted by atomic mass is 16.5. The second kappa shape index (κ2) is 9.72. The van der Waals surface area contributed by atoms with E-state index in [1.807, 2.05) is 103 Å². The fraction of sp³-hybridized carbons (Fsp3) is 0. The van der Waals surface area contributed by atoms with E-state index in [4.69, 9.17) is 9.47 Å². The molecule has 0 aliphatic heterocycles. The maximum Gasteiger partial charge on any atom is 0.219 e. The average Bonchev–Trinajstić information content (AvgIpc) is 2.94. The van der Waals surface area contributed by atoms with Crippen LogP contribution in [0.2, 0.25) is 0 Å². The van der Waals surface area contributed by atoms with Gasteiger partial charge in [0.25, 0.3) is 0 Å². The Balaban J connectivity index is 1.23. The van der Waals surface area contributed by atoms with E-state index in [2.05, 4.69) is 34.2 Å². The lowest BCUT2D eigenvalue weighted by atomic mass is 10.0. The van der Waals surface area contributed by atoms with E-state index < -0.39 is 0 Å². The first-order chi connectivity index (χ1) is 17.8. The number of rotatable bonds is 6. The number of ether oxygens (including phenoxy) is 2. The minimum absolute atomic E-state index is 0.525. The predicted octanol–water partition coefficient (Wildman–Crippen LogP) is 8.55. The molecule has 0 bridgehead atoms. The van der Waals surface area contributed by atoms with E-state index in [9.17, 15) is 0 Å². The van der Waals surface area contributed by atoms with Gasteiger partial charge < -0.3 is 9.47 Å². The molecule has 0 saturated carbocycles. The van der Waals surface area contributed by atoms with Crippen molar-refractivity contribution < 1.29 is 9.47 Å². The smallest absolute Gasteiger partial charge is 0.219 e. The number of nitrogens with zero attached hydrogens (tertiary/aromatic N) is 2. The molecule has 2 aromatic heterocycles. The van der Waals surface area contributed by atoms with Crippen molar-refractivity contribution >= 4 is 10.8 Å². The summed E-state index contributed by atoms with van der Waals surface area (Å²) in [5.41, 5.74) is 4.09. The van der Waals surface area contributed by atoms with Gasteiger partial charge in [0, 0.05) is 35.5 Å². The van der Waals surface area contributed by atoms with Gasteiger partial charge in [0.05, 0.1) is 5.69 Å². The molecule has 0 spiro atoms. The zero-order valence-electron chi connectivity index (χ0n) is 19.4. The van der Waals surface area contributed by atoms with Gasteiger partial charge in [-0.05, 0) is 52.9 Å². The molecule has 0 amide bonds. The van der Waals surface area contributed by atoms with Crippen LogP contribution in [-0.4, -0.2) is 9.97 Å². The molecule has 0 atom stereocenters. The van der Waals surface area contributed by atoms with Gasteiger partial charge >= 0.3 is 0 Å². The van der Waals surface area contributed by atoms with E-state index in [0.29, 0.717) is 17.4 Å². The van der Waals surface area contributed by atoms with Gasteiger partial charge in [-0.3, -0.25) is 4.98 Å². The van der Waals surface area contributed by atoms with Crippen LogP contribution in [0, 0.1) is 0 Å². The number of hydrogen-bond donors (Lipinski definition) is 0. The lowest BCUT2D eigenvalue weighted by molar-refractivity contribution is 0.449. The molecule has 6 aromatic rings. The first-order valence-electron chi connectivity index (χ1n) is 11.7. The number of pyridine rings is 2. The van der Waals surface area contributed by atoms with Gasteiger partial charge in [-0.15, -0.1) is 0 Å². The van der Waals surface area contributed by atoms with Crippen LogP contribution in [0.1, 0.15) is 0 Å². The second-order valence-corrected chi connectivity index (χ2v) is 8.34. The summed E-state index contributed by atoms with van der Waals surface area (Å²) in [6.45, 7) is 0. The Hall–Kier alpha value is -4.96. The zero-order valence-corrected chi connectivity index (χ0v) is 19.4. The Bertz CT molecular complexity index is 1640. The van der Waals surface area contributed by atoms with Crippen LogP contribution < -0.4 is 9.47 Å². The molecule has 0 radical (unpaired) electrons. The van der Waals surface area contributed by atoms with E-state index in [0.717, 1.165) is 38.9 Å². The quantitative estimate of drug-likeness (QED) is 0.247. The van der Waals surface area contributed by atoms with Crippen molar-refractivity contribution in [2.75, 3.05) is 0 Å². The van der Waals surface area contributed by atoms with Gasteiger partial charge in [0.15, 0.2) is 0 Å². The molecule has 4 heteroatoms. The summed E-state index contributed by atoms with van der Waals surface area (Å²) in [6.07, 6.45) is 3.59. The van der Waals surface area contributed by atoms with Gasteiger partial charge in [0.2, 0.25) is 5.88 Å². The van der Waals surface area contributed by atoms with Gasteiger partial charge in [-0.2, -0.15) is 0 Å². The molecule has 2 heterocycles. The SMILES string of the molecule is c1ccc(-c2ccnc(Oc3cccc(Oc4cccc(-c5nccc6ccccc56)c4)c3)c2)cc1. The monoisotopic (exact) mass is 466 g/mol. The predicted molar refractivity (Wildman–Crippen MR) is 143 cm³/mol. The summed E-state index contributed by atoms with van der Waals surface area (Å²) in [5.74, 6) is 2.58. The second-order valence-electron chi connectivity index (χ2n) is 8.34. The van der Waals surface area contributed by atoms with Crippen molar-refractivity contribution in [3.63, 3.8) is 0 Å². The molecule has 0 unspecified atom stereocenters. The lowest BCUT2D eigenvalue weighted by Gasteiger charge is -2.11. The van der Waals surface area contributed by atoms with Crippen LogP contribution in [0.15, 0.2) is 134 Å². The first-order valence-corrected chi connectivity index (χ1v) is 11.7. The fourth-order valence-corrected chi connectivity index (χ4v) is 4.19. The Morgan fingerprint density at radius 3 is 2.03 bits per heavy atom. The summed E-state index contributed by atoms with van der Waals surface area (Å²) in [5, 5.41) is 2.27. The number of fused-ring (bicyclic) bond motifs is 1. The van der Waals surface area contributed by atoms with Gasteiger partial charge in [0.1, 0.15) is 17.2 Å². The standard InChI is InChI=1S/C32H22N2O2/c1-2-8-23(9-3-1)25-17-18-33-31(21-25)36-29-14-7-13-28(22-29)35-27-12-6-11-26(20-27)32-30-15-5-4-10-24(30)16-19-34-32/h1-22H. The maximum absolute atomic E-state index is 6.20. The summed E-state index contributed by atoms with van der Waals surface area (Å²) in [6, 6.07) is 39.9. The largest absolute Gasteiger partial charge is 0.457 e. The fourth-order valence-electron chi connectivity index (χ4n) is 4.19. The number of benzene rings is 4. The Morgan fingerprint density at radius 1 is 0.444 bits per heavy atom. The molecule has 0 aliphatic rings. The highest BCUT2D eigenvalue weighted by molar-refractivity contribution is 5.94. The van der Waals surface area contributed by atoms with E-state index in [1.165, 1.54) is 0 Å². The Morgan fingerprint density at radius 2 is 1.14 bits per heavy atom. The molecule has 0 fully saturated rings. The third kappa shape index (κ3) is 4.65. The molecule has 0 aliphatic carbocycles. The summed E-state index contributed by atoms with van der Waals surface area (Å²) >= 11 is 0. The topological polar surface area (TPSA) is 44.2 Å². The highest BCUT2D eigenvalue weighted by Gasteiger charge is 2.08. The third-order valence-corrected chi connectivity index (χ3v) is 5.89. The molecular formula is C32H22N2O2. The summed E-state index contributed by atoms with van der Waals surface area (Å²) in [4.78, 5) is 9.01. The van der Waals surface area contributed by atoms with E-state index >= 15 is 0 Å². The molecule has 0 saturated heterocycles. The van der Waals surface area contributed by atoms with Gasteiger partial charge in [-0.1, -0.05) is 72.8 Å². The highest BCUT2D eigenvalue weighted by Crippen LogP contribution is 2.32. The van der Waals surface area contributed by atoms with Crippen LogP contribution in [0.4, 0.5) is 0 Å². The van der Waals surface area contributed by atoms with Crippen molar-refractivity contribution in [2.24, 2.45) is 0 Å². The molecule has 6 rings (SSSR count). The van der Waals surface area contributed by atoms with E-state index in [-0.39, 0.29) is 0 Å². The van der Waals surface area contributed by atoms with Crippen molar-refractivity contribution in [1.82, 2.24) is 9.97 Å².